The van der Waals surface area contributed by atoms with Crippen LogP contribution in [0.5, 0.6) is 0 Å². The second kappa shape index (κ2) is 12.7. The molecule has 0 radical (unpaired) electrons. The van der Waals surface area contributed by atoms with Crippen LogP contribution in [0.15, 0.2) is 106 Å². The standard InChI is InChI=1S/C18H21N.C7H10/c1-5-10-17(14-13-15(3)19-4)18-12-9-7-8-11-16(18)6-2;1-7-5-3-2-4-6-7/h5-8,10-13H,4,14H2,1-3H3;2-5,7H,6H2,1H3/b10-5-,15-13-,16-6+,18-17+;. The molecule has 1 atom stereocenters. The van der Waals surface area contributed by atoms with Crippen LogP contribution in [0.25, 0.3) is 0 Å². The van der Waals surface area contributed by atoms with Crippen molar-refractivity contribution in [1.29, 1.82) is 0 Å². The van der Waals surface area contributed by atoms with Gasteiger partial charge in [0.15, 0.2) is 0 Å². The van der Waals surface area contributed by atoms with E-state index in [1.807, 2.05) is 32.1 Å². The Morgan fingerprint density at radius 3 is 2.65 bits per heavy atom. The molecule has 0 bridgehead atoms. The van der Waals surface area contributed by atoms with Gasteiger partial charge in [-0.15, -0.1) is 5.73 Å². The molecule has 0 aromatic carbocycles. The van der Waals surface area contributed by atoms with Crippen molar-refractivity contribution < 1.29 is 0 Å². The first-order chi connectivity index (χ1) is 12.6. The number of hydrogen-bond donors (Lipinski definition) is 0. The first-order valence-electron chi connectivity index (χ1n) is 9.20. The number of allylic oxidation sites excluding steroid dienone is 15. The van der Waals surface area contributed by atoms with Crippen LogP contribution in [0, 0.1) is 5.92 Å². The van der Waals surface area contributed by atoms with Crippen LogP contribution in [0.4, 0.5) is 0 Å². The number of aliphatic imine (C=N–C) groups is 1. The van der Waals surface area contributed by atoms with Crippen molar-refractivity contribution in [3.05, 3.63) is 101 Å². The van der Waals surface area contributed by atoms with Crippen molar-refractivity contribution in [2.45, 2.75) is 40.5 Å². The lowest BCUT2D eigenvalue weighted by Crippen LogP contribution is -1.90. The molecule has 1 nitrogen and oxygen atoms in total. The van der Waals surface area contributed by atoms with Crippen LogP contribution in [-0.4, -0.2) is 6.72 Å². The molecule has 0 spiro atoms. The Hall–Kier alpha value is -2.63. The van der Waals surface area contributed by atoms with Gasteiger partial charge in [-0.25, -0.2) is 0 Å². The molecular formula is C25H31N. The largest absolute Gasteiger partial charge is 0.270 e. The summed E-state index contributed by atoms with van der Waals surface area (Å²) in [5.41, 5.74) is 7.81. The van der Waals surface area contributed by atoms with Crippen molar-refractivity contribution in [3.63, 3.8) is 0 Å². The lowest BCUT2D eigenvalue weighted by Gasteiger charge is -2.08. The van der Waals surface area contributed by atoms with E-state index in [2.05, 4.69) is 86.0 Å². The van der Waals surface area contributed by atoms with Crippen molar-refractivity contribution in [1.82, 2.24) is 0 Å². The summed E-state index contributed by atoms with van der Waals surface area (Å²) in [7, 11) is 0. The smallest absolute Gasteiger partial charge is 0.0328 e. The van der Waals surface area contributed by atoms with Gasteiger partial charge in [0.05, 0.1) is 0 Å². The molecule has 2 aliphatic rings. The Balaban J connectivity index is 0.000000401. The SMILES string of the molecule is C=N/C(C)=C\CC(/C=C\C)=C1\C=C=CC=C\C1=C/C.CC1C=CC=CC1. The molecule has 136 valence electrons. The van der Waals surface area contributed by atoms with Crippen LogP contribution >= 0.6 is 0 Å². The van der Waals surface area contributed by atoms with Crippen molar-refractivity contribution >= 4 is 6.72 Å². The molecule has 2 rings (SSSR count). The maximum absolute atomic E-state index is 3.93. The van der Waals surface area contributed by atoms with Crippen LogP contribution in [0.2, 0.25) is 0 Å². The quantitative estimate of drug-likeness (QED) is 0.377. The first kappa shape index (κ1) is 21.4. The highest BCUT2D eigenvalue weighted by Crippen LogP contribution is 2.23. The number of nitrogens with zero attached hydrogens (tertiary/aromatic N) is 1. The summed E-state index contributed by atoms with van der Waals surface area (Å²) in [5.74, 6) is 0.769. The summed E-state index contributed by atoms with van der Waals surface area (Å²) in [4.78, 5) is 3.93. The fourth-order valence-corrected chi connectivity index (χ4v) is 2.54. The molecule has 0 aromatic heterocycles. The van der Waals surface area contributed by atoms with Gasteiger partial charge in [-0.2, -0.15) is 0 Å². The summed E-state index contributed by atoms with van der Waals surface area (Å²) >= 11 is 0. The van der Waals surface area contributed by atoms with Gasteiger partial charge in [0, 0.05) is 5.70 Å². The molecule has 1 heteroatoms. The van der Waals surface area contributed by atoms with E-state index >= 15 is 0 Å². The van der Waals surface area contributed by atoms with E-state index in [9.17, 15) is 0 Å². The highest BCUT2D eigenvalue weighted by molar-refractivity contribution is 5.54. The van der Waals surface area contributed by atoms with Crippen LogP contribution in [-0.2, 0) is 0 Å². The van der Waals surface area contributed by atoms with E-state index in [4.69, 9.17) is 0 Å². The average molecular weight is 346 g/mol. The summed E-state index contributed by atoms with van der Waals surface area (Å²) in [6.07, 6.45) is 27.2. The Kier molecular flexibility index (Phi) is 10.5. The zero-order valence-electron chi connectivity index (χ0n) is 16.6. The van der Waals surface area contributed by atoms with E-state index < -0.39 is 0 Å². The van der Waals surface area contributed by atoms with Gasteiger partial charge in [0.2, 0.25) is 0 Å². The van der Waals surface area contributed by atoms with Gasteiger partial charge in [-0.05, 0) is 75.1 Å². The third-order valence-electron chi connectivity index (χ3n) is 4.09. The molecule has 0 saturated carbocycles. The molecule has 0 aliphatic heterocycles. The normalized spacial score (nSPS) is 22.4. The predicted octanol–water partition coefficient (Wildman–Crippen LogP) is 7.22. The molecule has 0 N–H and O–H groups in total. The zero-order valence-corrected chi connectivity index (χ0v) is 16.6. The van der Waals surface area contributed by atoms with E-state index in [1.165, 1.54) is 23.1 Å². The van der Waals surface area contributed by atoms with E-state index in [0.717, 1.165) is 18.0 Å². The van der Waals surface area contributed by atoms with Gasteiger partial charge in [0.1, 0.15) is 0 Å². The summed E-state index contributed by atoms with van der Waals surface area (Å²) in [6.45, 7) is 11.8. The average Bonchev–Trinajstić information content (AvgIpc) is 2.91. The minimum Gasteiger partial charge on any atom is -0.270 e. The van der Waals surface area contributed by atoms with E-state index in [-0.39, 0.29) is 0 Å². The molecule has 0 amide bonds. The van der Waals surface area contributed by atoms with Crippen molar-refractivity contribution in [3.8, 4) is 0 Å². The monoisotopic (exact) mass is 345 g/mol. The van der Waals surface area contributed by atoms with Crippen molar-refractivity contribution in [2.24, 2.45) is 10.9 Å². The zero-order chi connectivity index (χ0) is 19.2. The molecule has 0 fully saturated rings. The van der Waals surface area contributed by atoms with Crippen LogP contribution in [0.3, 0.4) is 0 Å². The lowest BCUT2D eigenvalue weighted by molar-refractivity contribution is 0.737. The minimum absolute atomic E-state index is 0.769. The van der Waals surface area contributed by atoms with Gasteiger partial charge < -0.3 is 0 Å². The first-order valence-corrected chi connectivity index (χ1v) is 9.20. The Morgan fingerprint density at radius 2 is 2.12 bits per heavy atom. The van der Waals surface area contributed by atoms with Gasteiger partial charge in [-0.3, -0.25) is 4.99 Å². The minimum atomic E-state index is 0.769. The van der Waals surface area contributed by atoms with E-state index in [1.54, 1.807) is 0 Å². The second-order valence-corrected chi connectivity index (χ2v) is 6.25. The highest BCUT2D eigenvalue weighted by atomic mass is 14.7. The number of rotatable bonds is 4. The van der Waals surface area contributed by atoms with Gasteiger partial charge >= 0.3 is 0 Å². The molecule has 0 heterocycles. The Bertz CT molecular complexity index is 739. The molecule has 1 unspecified atom stereocenters. The predicted molar refractivity (Wildman–Crippen MR) is 117 cm³/mol. The summed E-state index contributed by atoms with van der Waals surface area (Å²) in [6, 6.07) is 0. The van der Waals surface area contributed by atoms with Gasteiger partial charge in [-0.1, -0.05) is 67.7 Å². The topological polar surface area (TPSA) is 12.4 Å². The highest BCUT2D eigenvalue weighted by Gasteiger charge is 2.05. The second-order valence-electron chi connectivity index (χ2n) is 6.25. The number of hydrogen-bond acceptors (Lipinski definition) is 1. The summed E-state index contributed by atoms with van der Waals surface area (Å²) in [5, 5.41) is 0. The third-order valence-corrected chi connectivity index (χ3v) is 4.09. The summed E-state index contributed by atoms with van der Waals surface area (Å²) < 4.78 is 0. The fraction of sp³-hybridized carbons (Fsp3) is 0.280. The maximum Gasteiger partial charge on any atom is 0.0328 e. The fourth-order valence-electron chi connectivity index (χ4n) is 2.54. The lowest BCUT2D eigenvalue weighted by atomic mass is 9.96. The Morgan fingerprint density at radius 1 is 1.31 bits per heavy atom. The maximum atomic E-state index is 3.93. The molecular weight excluding hydrogens is 314 g/mol. The molecule has 0 aromatic rings. The van der Waals surface area contributed by atoms with Gasteiger partial charge in [0.25, 0.3) is 0 Å². The third kappa shape index (κ3) is 7.96. The van der Waals surface area contributed by atoms with Crippen molar-refractivity contribution in [2.75, 3.05) is 0 Å². The van der Waals surface area contributed by atoms with Crippen LogP contribution < -0.4 is 0 Å². The molecule has 0 saturated heterocycles. The van der Waals surface area contributed by atoms with Crippen LogP contribution in [0.1, 0.15) is 40.5 Å². The Labute approximate surface area is 159 Å². The molecule has 2 aliphatic carbocycles. The van der Waals surface area contributed by atoms with E-state index in [0.29, 0.717) is 0 Å². The molecule has 26 heavy (non-hydrogen) atoms.